The smallest absolute Gasteiger partial charge is 0.240 e. The van der Waals surface area contributed by atoms with Crippen molar-refractivity contribution in [2.75, 3.05) is 11.9 Å². The number of amidine groups is 1. The largest absolute Gasteiger partial charge is 0.494 e. The molecule has 0 spiro atoms. The van der Waals surface area contributed by atoms with Gasteiger partial charge in [0.1, 0.15) is 16.7 Å². The van der Waals surface area contributed by atoms with Crippen molar-refractivity contribution in [2.45, 2.75) is 18.6 Å². The van der Waals surface area contributed by atoms with Gasteiger partial charge in [0, 0.05) is 29.4 Å². The maximum atomic E-state index is 12.5. The monoisotopic (exact) mass is 538 g/mol. The highest BCUT2D eigenvalue weighted by Crippen LogP contribution is 2.25. The number of rotatable bonds is 9. The van der Waals surface area contributed by atoms with Gasteiger partial charge < -0.3 is 15.4 Å². The van der Waals surface area contributed by atoms with Gasteiger partial charge in [-0.1, -0.05) is 60.3 Å². The predicted molar refractivity (Wildman–Crippen MR) is 154 cm³/mol. The Morgan fingerprint density at radius 3 is 2.51 bits per heavy atom. The number of ether oxygens (including phenoxy) is 1. The standard InChI is InChI=1S/C29H26N6O3S/c1-2-38-24-15-13-22(14-16-24)31-26(36)17-25-28(37)32-29(39-25)33-30-18-21-19-35(23-11-7-4-8-12-23)34-27(21)20-9-5-3-6-10-20/h3-16,18-19,25H,2,17H2,1H3,(H,31,36)(H,32,33,37)/b30-18+. The second-order valence-corrected chi connectivity index (χ2v) is 9.73. The van der Waals surface area contributed by atoms with Crippen LogP contribution in [0, 0.1) is 0 Å². The Labute approximate surface area is 230 Å². The molecule has 0 aliphatic carbocycles. The zero-order valence-electron chi connectivity index (χ0n) is 21.2. The van der Waals surface area contributed by atoms with E-state index in [0.717, 1.165) is 28.3 Å². The van der Waals surface area contributed by atoms with Crippen molar-refractivity contribution in [2.24, 2.45) is 10.2 Å². The van der Waals surface area contributed by atoms with Gasteiger partial charge in [0.2, 0.25) is 11.8 Å². The molecule has 10 heteroatoms. The Hall–Kier alpha value is -4.70. The van der Waals surface area contributed by atoms with E-state index in [9.17, 15) is 9.59 Å². The third-order valence-corrected chi connectivity index (χ3v) is 6.82. The molecular formula is C29H26N6O3S. The minimum atomic E-state index is -0.595. The van der Waals surface area contributed by atoms with Gasteiger partial charge in [-0.2, -0.15) is 10.2 Å². The summed E-state index contributed by atoms with van der Waals surface area (Å²) in [6.45, 7) is 2.48. The van der Waals surface area contributed by atoms with Gasteiger partial charge in [0.15, 0.2) is 5.17 Å². The Morgan fingerprint density at radius 1 is 1.08 bits per heavy atom. The number of para-hydroxylation sites is 1. The van der Waals surface area contributed by atoms with E-state index in [0.29, 0.717) is 17.5 Å². The Kier molecular flexibility index (Phi) is 8.13. The van der Waals surface area contributed by atoms with Crippen LogP contribution in [0.3, 0.4) is 0 Å². The van der Waals surface area contributed by atoms with Gasteiger partial charge in [0.25, 0.3) is 0 Å². The van der Waals surface area contributed by atoms with E-state index in [1.165, 1.54) is 11.8 Å². The Bertz CT molecular complexity index is 1500. The van der Waals surface area contributed by atoms with E-state index in [1.54, 1.807) is 35.2 Å². The van der Waals surface area contributed by atoms with Crippen LogP contribution in [0.4, 0.5) is 5.69 Å². The molecule has 0 bridgehead atoms. The lowest BCUT2D eigenvalue weighted by atomic mass is 10.1. The molecule has 0 radical (unpaired) electrons. The van der Waals surface area contributed by atoms with Crippen LogP contribution in [-0.4, -0.2) is 44.8 Å². The summed E-state index contributed by atoms with van der Waals surface area (Å²) >= 11 is 1.18. The van der Waals surface area contributed by atoms with Crippen molar-refractivity contribution in [3.8, 4) is 22.7 Å². The predicted octanol–water partition coefficient (Wildman–Crippen LogP) is 4.89. The zero-order valence-corrected chi connectivity index (χ0v) is 22.0. The average Bonchev–Trinajstić information content (AvgIpc) is 3.54. The summed E-state index contributed by atoms with van der Waals surface area (Å²) < 4.78 is 7.21. The van der Waals surface area contributed by atoms with Crippen LogP contribution in [0.5, 0.6) is 5.75 Å². The van der Waals surface area contributed by atoms with E-state index in [1.807, 2.05) is 73.8 Å². The highest BCUT2D eigenvalue weighted by molar-refractivity contribution is 8.15. The molecule has 9 nitrogen and oxygen atoms in total. The summed E-state index contributed by atoms with van der Waals surface area (Å²) in [6.07, 6.45) is 3.50. The Balaban J connectivity index is 1.25. The van der Waals surface area contributed by atoms with Crippen LogP contribution >= 0.6 is 11.8 Å². The van der Waals surface area contributed by atoms with Crippen molar-refractivity contribution in [3.63, 3.8) is 0 Å². The first-order valence-corrected chi connectivity index (χ1v) is 13.3. The van der Waals surface area contributed by atoms with Crippen LogP contribution in [0.1, 0.15) is 18.9 Å². The van der Waals surface area contributed by atoms with E-state index >= 15 is 0 Å². The molecule has 5 rings (SSSR count). The number of carbonyl (C=O) groups excluding carboxylic acids is 2. The Morgan fingerprint density at radius 2 is 1.79 bits per heavy atom. The van der Waals surface area contributed by atoms with Gasteiger partial charge in [-0.05, 0) is 43.3 Å². The molecule has 3 aromatic carbocycles. The molecule has 39 heavy (non-hydrogen) atoms. The number of hydrogen-bond donors (Lipinski definition) is 2. The van der Waals surface area contributed by atoms with Crippen molar-refractivity contribution in [1.82, 2.24) is 15.1 Å². The van der Waals surface area contributed by atoms with Crippen LogP contribution in [-0.2, 0) is 9.59 Å². The van der Waals surface area contributed by atoms with Gasteiger partial charge >= 0.3 is 0 Å². The molecular weight excluding hydrogens is 512 g/mol. The van der Waals surface area contributed by atoms with Gasteiger partial charge in [-0.15, -0.1) is 5.10 Å². The normalized spacial score (nSPS) is 16.0. The minimum Gasteiger partial charge on any atom is -0.494 e. The number of aromatic nitrogens is 2. The zero-order chi connectivity index (χ0) is 27.0. The second kappa shape index (κ2) is 12.2. The van der Waals surface area contributed by atoms with Gasteiger partial charge in [-0.3, -0.25) is 9.59 Å². The highest BCUT2D eigenvalue weighted by atomic mass is 32.2. The first-order valence-electron chi connectivity index (χ1n) is 12.4. The van der Waals surface area contributed by atoms with Crippen LogP contribution in [0.2, 0.25) is 0 Å². The number of benzene rings is 3. The van der Waals surface area contributed by atoms with E-state index < -0.39 is 5.25 Å². The van der Waals surface area contributed by atoms with Crippen molar-refractivity contribution >= 4 is 40.6 Å². The molecule has 1 aliphatic rings. The average molecular weight is 539 g/mol. The molecule has 1 aliphatic heterocycles. The third-order valence-electron chi connectivity index (χ3n) is 5.75. The maximum absolute atomic E-state index is 12.5. The molecule has 2 heterocycles. The van der Waals surface area contributed by atoms with Gasteiger partial charge in [-0.25, -0.2) is 4.68 Å². The number of hydrogen-bond acceptors (Lipinski definition) is 7. The van der Waals surface area contributed by atoms with Crippen LogP contribution in [0.25, 0.3) is 16.9 Å². The maximum Gasteiger partial charge on any atom is 0.240 e. The number of thioether (sulfide) groups is 1. The molecule has 2 N–H and O–H groups in total. The van der Waals surface area contributed by atoms with Gasteiger partial charge in [0.05, 0.1) is 18.5 Å². The van der Waals surface area contributed by atoms with E-state index in [2.05, 4.69) is 20.8 Å². The molecule has 196 valence electrons. The van der Waals surface area contributed by atoms with E-state index in [-0.39, 0.29) is 18.2 Å². The molecule has 2 amide bonds. The SMILES string of the molecule is CCOc1ccc(NC(=O)CC2S/C(=N\N=C\c3cn(-c4ccccc4)nc3-c3ccccc3)NC2=O)cc1. The van der Waals surface area contributed by atoms with Crippen molar-refractivity contribution in [3.05, 3.63) is 96.7 Å². The fraction of sp³-hybridized carbons (Fsp3) is 0.138. The molecule has 0 saturated carbocycles. The van der Waals surface area contributed by atoms with Crippen LogP contribution < -0.4 is 15.4 Å². The first-order chi connectivity index (χ1) is 19.1. The summed E-state index contributed by atoms with van der Waals surface area (Å²) in [5.74, 6) is 0.181. The van der Waals surface area contributed by atoms with Crippen molar-refractivity contribution in [1.29, 1.82) is 0 Å². The number of anilines is 1. The lowest BCUT2D eigenvalue weighted by Gasteiger charge is -2.08. The summed E-state index contributed by atoms with van der Waals surface area (Å²) in [6, 6.07) is 26.7. The fourth-order valence-electron chi connectivity index (χ4n) is 3.93. The quantitative estimate of drug-likeness (QED) is 0.233. The lowest BCUT2D eigenvalue weighted by Crippen LogP contribution is -2.28. The molecule has 1 fully saturated rings. The molecule has 1 saturated heterocycles. The fourth-order valence-corrected chi connectivity index (χ4v) is 4.85. The first kappa shape index (κ1) is 25.9. The summed E-state index contributed by atoms with van der Waals surface area (Å²) in [5, 5.41) is 18.4. The van der Waals surface area contributed by atoms with E-state index in [4.69, 9.17) is 9.84 Å². The summed E-state index contributed by atoms with van der Waals surface area (Å²) in [4.78, 5) is 25.0. The summed E-state index contributed by atoms with van der Waals surface area (Å²) in [5.41, 5.74) is 4.04. The molecule has 1 atom stereocenters. The molecule has 1 unspecified atom stereocenters. The number of nitrogens with zero attached hydrogens (tertiary/aromatic N) is 4. The lowest BCUT2D eigenvalue weighted by molar-refractivity contribution is -0.122. The number of nitrogens with one attached hydrogen (secondary N) is 2. The van der Waals surface area contributed by atoms with Crippen LogP contribution in [0.15, 0.2) is 101 Å². The third kappa shape index (κ3) is 6.60. The number of amides is 2. The topological polar surface area (TPSA) is 110 Å². The molecule has 4 aromatic rings. The summed E-state index contributed by atoms with van der Waals surface area (Å²) in [7, 11) is 0. The second-order valence-electron chi connectivity index (χ2n) is 8.53. The highest BCUT2D eigenvalue weighted by Gasteiger charge is 2.32. The van der Waals surface area contributed by atoms with Crippen molar-refractivity contribution < 1.29 is 14.3 Å². The number of carbonyl (C=O) groups is 2. The molecule has 1 aromatic heterocycles. The minimum absolute atomic E-state index is 0.00838.